The average Bonchev–Trinajstić information content (AvgIpc) is 3.33. The summed E-state index contributed by atoms with van der Waals surface area (Å²) in [7, 11) is 0. The number of nitrogens with one attached hydrogen (secondary N) is 1. The highest BCUT2D eigenvalue weighted by atomic mass is 19.1. The van der Waals surface area contributed by atoms with Gasteiger partial charge in [-0.05, 0) is 17.5 Å². The molecule has 1 fully saturated rings. The van der Waals surface area contributed by atoms with Gasteiger partial charge in [0, 0.05) is 24.4 Å². The molecule has 2 amide bonds. The Kier molecular flexibility index (Phi) is 6.98. The number of fused-ring (bicyclic) bond motifs is 2. The summed E-state index contributed by atoms with van der Waals surface area (Å²) in [6.07, 6.45) is 0.765. The molecule has 38 heavy (non-hydrogen) atoms. The number of amides is 2. The van der Waals surface area contributed by atoms with E-state index in [1.807, 2.05) is 44.2 Å². The van der Waals surface area contributed by atoms with E-state index in [9.17, 15) is 23.2 Å². The molecule has 2 atom stereocenters. The topological polar surface area (TPSA) is 89.9 Å². The molecular weight excluding hydrogens is 496 g/mol. The lowest BCUT2D eigenvalue weighted by molar-refractivity contribution is 0.00407. The Hall–Kier alpha value is -4.05. The highest BCUT2D eigenvalue weighted by molar-refractivity contribution is 5.99. The third kappa shape index (κ3) is 4.79. The van der Waals surface area contributed by atoms with E-state index in [1.165, 1.54) is 16.8 Å². The van der Waals surface area contributed by atoms with Crippen LogP contribution in [-0.2, 0) is 24.4 Å². The summed E-state index contributed by atoms with van der Waals surface area (Å²) >= 11 is 0. The van der Waals surface area contributed by atoms with Gasteiger partial charge in [0.15, 0.2) is 17.7 Å². The fourth-order valence-corrected chi connectivity index (χ4v) is 4.77. The van der Waals surface area contributed by atoms with E-state index in [1.54, 1.807) is 4.90 Å². The Morgan fingerprint density at radius 1 is 1.16 bits per heavy atom. The Morgan fingerprint density at radius 3 is 2.63 bits per heavy atom. The maximum absolute atomic E-state index is 14.1. The second-order valence-corrected chi connectivity index (χ2v) is 9.71. The molecular formula is C28H27F2N3O5. The van der Waals surface area contributed by atoms with E-state index in [0.717, 1.165) is 11.6 Å². The van der Waals surface area contributed by atoms with Crippen LogP contribution in [0.15, 0.2) is 59.5 Å². The Labute approximate surface area is 217 Å². The SMILES string of the molecule is CC(C)[C@H]1CO[C@@H]2Cn3cc(C(=O)NCc4ccc(F)cc4F)c(=O)c(OCc4ccccc4)c3C(=O)N12. The van der Waals surface area contributed by atoms with Gasteiger partial charge in [0.25, 0.3) is 11.8 Å². The van der Waals surface area contributed by atoms with Gasteiger partial charge in [-0.3, -0.25) is 14.4 Å². The quantitative estimate of drug-likeness (QED) is 0.512. The number of rotatable bonds is 7. The zero-order valence-electron chi connectivity index (χ0n) is 20.9. The molecule has 0 saturated carbocycles. The molecule has 3 heterocycles. The standard InChI is InChI=1S/C28H27F2N3O5/c1-16(2)22-15-37-23-13-32-12-20(27(35)31-11-18-8-9-19(29)10-21(18)30)25(34)26(24(32)28(36)33(22)23)38-14-17-6-4-3-5-7-17/h3-10,12,16,22-23H,11,13-15H2,1-2H3,(H,31,35)/t22-,23-/m1/s1. The lowest BCUT2D eigenvalue weighted by Crippen LogP contribution is -2.51. The summed E-state index contributed by atoms with van der Waals surface area (Å²) < 4.78 is 40.6. The van der Waals surface area contributed by atoms with Gasteiger partial charge in [0.2, 0.25) is 5.43 Å². The maximum atomic E-state index is 14.1. The van der Waals surface area contributed by atoms with Crippen molar-refractivity contribution < 1.29 is 27.8 Å². The molecule has 1 aromatic heterocycles. The smallest absolute Gasteiger partial charge is 0.276 e. The van der Waals surface area contributed by atoms with E-state index >= 15 is 0 Å². The van der Waals surface area contributed by atoms with Crippen molar-refractivity contribution in [2.45, 2.75) is 45.8 Å². The average molecular weight is 524 g/mol. The predicted octanol–water partition coefficient (Wildman–Crippen LogP) is 3.47. The minimum absolute atomic E-state index is 0.00968. The van der Waals surface area contributed by atoms with Crippen molar-refractivity contribution in [3.63, 3.8) is 0 Å². The predicted molar refractivity (Wildman–Crippen MR) is 134 cm³/mol. The van der Waals surface area contributed by atoms with Crippen LogP contribution in [0, 0.1) is 17.6 Å². The number of carbonyl (C=O) groups excluding carboxylic acids is 2. The highest BCUT2D eigenvalue weighted by Gasteiger charge is 2.45. The minimum Gasteiger partial charge on any atom is -0.483 e. The third-order valence-corrected chi connectivity index (χ3v) is 6.85. The maximum Gasteiger partial charge on any atom is 0.276 e. The van der Waals surface area contributed by atoms with Crippen molar-refractivity contribution in [2.24, 2.45) is 5.92 Å². The minimum atomic E-state index is -0.817. The molecule has 2 aliphatic heterocycles. The zero-order chi connectivity index (χ0) is 27.0. The van der Waals surface area contributed by atoms with Crippen LogP contribution in [0.4, 0.5) is 8.78 Å². The van der Waals surface area contributed by atoms with E-state index in [2.05, 4.69) is 5.32 Å². The normalized spacial score (nSPS) is 18.3. The Morgan fingerprint density at radius 2 is 1.92 bits per heavy atom. The van der Waals surface area contributed by atoms with Crippen LogP contribution in [0.5, 0.6) is 5.75 Å². The van der Waals surface area contributed by atoms with Crippen molar-refractivity contribution in [3.8, 4) is 5.75 Å². The van der Waals surface area contributed by atoms with E-state index in [4.69, 9.17) is 9.47 Å². The van der Waals surface area contributed by atoms with Gasteiger partial charge in [-0.25, -0.2) is 8.78 Å². The van der Waals surface area contributed by atoms with E-state index < -0.39 is 35.1 Å². The van der Waals surface area contributed by atoms with E-state index in [-0.39, 0.29) is 54.2 Å². The number of hydrogen-bond acceptors (Lipinski definition) is 5. The lowest BCUT2D eigenvalue weighted by Gasteiger charge is -2.36. The van der Waals surface area contributed by atoms with Crippen LogP contribution in [0.3, 0.4) is 0 Å². The number of pyridine rings is 1. The summed E-state index contributed by atoms with van der Waals surface area (Å²) in [5, 5.41) is 2.51. The fraction of sp³-hybridized carbons (Fsp3) is 0.321. The molecule has 0 unspecified atom stereocenters. The summed E-state index contributed by atoms with van der Waals surface area (Å²) in [6.45, 7) is 4.31. The first-order valence-corrected chi connectivity index (χ1v) is 12.3. The molecule has 0 radical (unpaired) electrons. The second kappa shape index (κ2) is 10.4. The Bertz CT molecular complexity index is 1440. The van der Waals surface area contributed by atoms with Crippen molar-refractivity contribution in [3.05, 3.63) is 99.0 Å². The van der Waals surface area contributed by atoms with Crippen LogP contribution in [0.2, 0.25) is 0 Å². The van der Waals surface area contributed by atoms with Gasteiger partial charge in [-0.1, -0.05) is 50.2 Å². The van der Waals surface area contributed by atoms with E-state index in [0.29, 0.717) is 12.7 Å². The molecule has 0 aliphatic carbocycles. The zero-order valence-corrected chi connectivity index (χ0v) is 20.9. The highest BCUT2D eigenvalue weighted by Crippen LogP contribution is 2.33. The first-order chi connectivity index (χ1) is 18.2. The molecule has 5 rings (SSSR count). The molecule has 3 aromatic rings. The first-order valence-electron chi connectivity index (χ1n) is 12.3. The number of benzene rings is 2. The molecule has 8 nitrogen and oxygen atoms in total. The molecule has 1 saturated heterocycles. The van der Waals surface area contributed by atoms with Crippen LogP contribution in [-0.4, -0.2) is 40.2 Å². The van der Waals surface area contributed by atoms with Crippen molar-refractivity contribution in [2.75, 3.05) is 6.61 Å². The van der Waals surface area contributed by atoms with Crippen LogP contribution >= 0.6 is 0 Å². The summed E-state index contributed by atoms with van der Waals surface area (Å²) in [5.74, 6) is -2.83. The van der Waals surface area contributed by atoms with Gasteiger partial charge in [0.1, 0.15) is 23.8 Å². The van der Waals surface area contributed by atoms with Crippen LogP contribution < -0.4 is 15.5 Å². The number of carbonyl (C=O) groups is 2. The molecule has 0 bridgehead atoms. The van der Waals surface area contributed by atoms with Gasteiger partial charge in [-0.15, -0.1) is 0 Å². The van der Waals surface area contributed by atoms with Gasteiger partial charge >= 0.3 is 0 Å². The van der Waals surface area contributed by atoms with Crippen LogP contribution in [0.1, 0.15) is 45.8 Å². The van der Waals surface area contributed by atoms with Crippen molar-refractivity contribution in [1.29, 1.82) is 0 Å². The molecule has 0 spiro atoms. The third-order valence-electron chi connectivity index (χ3n) is 6.85. The molecule has 198 valence electrons. The van der Waals surface area contributed by atoms with Crippen molar-refractivity contribution >= 4 is 11.8 Å². The molecule has 1 N–H and O–H groups in total. The summed E-state index contributed by atoms with van der Waals surface area (Å²) in [6, 6.07) is 12.0. The number of nitrogens with zero attached hydrogens (tertiary/aromatic N) is 2. The summed E-state index contributed by atoms with van der Waals surface area (Å²) in [4.78, 5) is 42.0. The number of ether oxygens (including phenoxy) is 2. The Balaban J connectivity index is 1.51. The number of aromatic nitrogens is 1. The fourth-order valence-electron chi connectivity index (χ4n) is 4.77. The molecule has 10 heteroatoms. The lowest BCUT2D eigenvalue weighted by atomic mass is 10.0. The summed E-state index contributed by atoms with van der Waals surface area (Å²) in [5.41, 5.74) is -0.128. The first kappa shape index (κ1) is 25.6. The van der Waals surface area contributed by atoms with Crippen molar-refractivity contribution in [1.82, 2.24) is 14.8 Å². The monoisotopic (exact) mass is 523 g/mol. The number of halogens is 2. The van der Waals surface area contributed by atoms with Crippen LogP contribution in [0.25, 0.3) is 0 Å². The van der Waals surface area contributed by atoms with Gasteiger partial charge in [-0.2, -0.15) is 0 Å². The molecule has 2 aliphatic rings. The second-order valence-electron chi connectivity index (χ2n) is 9.71. The molecule has 2 aromatic carbocycles. The van der Waals surface area contributed by atoms with Gasteiger partial charge in [0.05, 0.1) is 19.2 Å². The largest absolute Gasteiger partial charge is 0.483 e. The number of hydrogen-bond donors (Lipinski definition) is 1. The van der Waals surface area contributed by atoms with Gasteiger partial charge < -0.3 is 24.3 Å².